The fourth-order valence-electron chi connectivity index (χ4n) is 2.20. The van der Waals surface area contributed by atoms with E-state index < -0.39 is 0 Å². The van der Waals surface area contributed by atoms with Gasteiger partial charge >= 0.3 is 0 Å². The number of nitrogens with one attached hydrogen (secondary N) is 1. The Morgan fingerprint density at radius 3 is 2.44 bits per heavy atom. The van der Waals surface area contributed by atoms with Gasteiger partial charge in [0.05, 0.1) is 0 Å². The van der Waals surface area contributed by atoms with Crippen LogP contribution >= 0.6 is 11.3 Å². The van der Waals surface area contributed by atoms with Crippen LogP contribution in [0.25, 0.3) is 0 Å². The van der Waals surface area contributed by atoms with Gasteiger partial charge in [-0.1, -0.05) is 34.1 Å². The quantitative estimate of drug-likeness (QED) is 0.686. The molecule has 0 bridgehead atoms. The van der Waals surface area contributed by atoms with Crippen molar-refractivity contribution in [3.63, 3.8) is 0 Å². The molecule has 1 nitrogen and oxygen atoms in total. The van der Waals surface area contributed by atoms with Crippen LogP contribution in [0.2, 0.25) is 0 Å². The summed E-state index contributed by atoms with van der Waals surface area (Å²) in [4.78, 5) is 3.06. The lowest BCUT2D eigenvalue weighted by atomic mass is 9.97. The molecule has 2 unspecified atom stereocenters. The standard InChI is InChI=1S/C16H29NS/c1-5-10-17-14(11-13(4)6-2)12-16-9-8-15(7-3)18-16/h8-9,13-14,17H,5-7,10-12H2,1-4H3. The lowest BCUT2D eigenvalue weighted by molar-refractivity contribution is 0.393. The lowest BCUT2D eigenvalue weighted by Crippen LogP contribution is -2.33. The van der Waals surface area contributed by atoms with Crippen molar-refractivity contribution in [3.05, 3.63) is 21.9 Å². The topological polar surface area (TPSA) is 12.0 Å². The third-order valence-corrected chi connectivity index (χ3v) is 4.83. The molecule has 0 aliphatic carbocycles. The summed E-state index contributed by atoms with van der Waals surface area (Å²) in [5.74, 6) is 0.824. The first-order valence-electron chi connectivity index (χ1n) is 7.50. The zero-order valence-electron chi connectivity index (χ0n) is 12.5. The molecule has 1 aromatic heterocycles. The van der Waals surface area contributed by atoms with E-state index in [1.54, 1.807) is 4.88 Å². The third kappa shape index (κ3) is 5.53. The van der Waals surface area contributed by atoms with Crippen LogP contribution in [-0.4, -0.2) is 12.6 Å². The highest BCUT2D eigenvalue weighted by atomic mass is 32.1. The SMILES string of the molecule is CCCNC(Cc1ccc(CC)s1)CC(C)CC. The fourth-order valence-corrected chi connectivity index (χ4v) is 3.24. The van der Waals surface area contributed by atoms with Gasteiger partial charge in [-0.2, -0.15) is 0 Å². The molecule has 0 aromatic carbocycles. The minimum Gasteiger partial charge on any atom is -0.314 e. The maximum Gasteiger partial charge on any atom is 0.0118 e. The second kappa shape index (κ2) is 8.71. The van der Waals surface area contributed by atoms with Gasteiger partial charge in [0.15, 0.2) is 0 Å². The van der Waals surface area contributed by atoms with Crippen molar-refractivity contribution in [1.82, 2.24) is 5.32 Å². The average Bonchev–Trinajstić information content (AvgIpc) is 2.83. The van der Waals surface area contributed by atoms with Gasteiger partial charge in [0, 0.05) is 15.8 Å². The predicted molar refractivity (Wildman–Crippen MR) is 83.6 cm³/mol. The molecule has 104 valence electrons. The molecule has 18 heavy (non-hydrogen) atoms. The maximum absolute atomic E-state index is 3.72. The van der Waals surface area contributed by atoms with Crippen molar-refractivity contribution in [2.75, 3.05) is 6.54 Å². The van der Waals surface area contributed by atoms with E-state index >= 15 is 0 Å². The zero-order chi connectivity index (χ0) is 13.4. The number of hydrogen-bond donors (Lipinski definition) is 1. The lowest BCUT2D eigenvalue weighted by Gasteiger charge is -2.21. The maximum atomic E-state index is 3.72. The van der Waals surface area contributed by atoms with E-state index in [1.165, 1.54) is 37.0 Å². The molecule has 1 N–H and O–H groups in total. The Labute approximate surface area is 117 Å². The first-order valence-corrected chi connectivity index (χ1v) is 8.32. The van der Waals surface area contributed by atoms with Crippen molar-refractivity contribution in [3.8, 4) is 0 Å². The van der Waals surface area contributed by atoms with Gasteiger partial charge in [-0.3, -0.25) is 0 Å². The first kappa shape index (κ1) is 15.7. The Morgan fingerprint density at radius 1 is 1.17 bits per heavy atom. The zero-order valence-corrected chi connectivity index (χ0v) is 13.3. The van der Waals surface area contributed by atoms with Gasteiger partial charge in [0.25, 0.3) is 0 Å². The summed E-state index contributed by atoms with van der Waals surface area (Å²) in [7, 11) is 0. The van der Waals surface area contributed by atoms with Gasteiger partial charge < -0.3 is 5.32 Å². The molecule has 0 radical (unpaired) electrons. The van der Waals surface area contributed by atoms with E-state index in [-0.39, 0.29) is 0 Å². The summed E-state index contributed by atoms with van der Waals surface area (Å²) in [6.45, 7) is 10.3. The van der Waals surface area contributed by atoms with E-state index in [2.05, 4.69) is 45.1 Å². The highest BCUT2D eigenvalue weighted by molar-refractivity contribution is 7.11. The average molecular weight is 267 g/mol. The Balaban J connectivity index is 2.53. The molecule has 1 aromatic rings. The molecule has 2 heteroatoms. The largest absolute Gasteiger partial charge is 0.314 e. The smallest absolute Gasteiger partial charge is 0.0118 e. The van der Waals surface area contributed by atoms with Crippen LogP contribution in [-0.2, 0) is 12.8 Å². The highest BCUT2D eigenvalue weighted by Crippen LogP contribution is 2.21. The van der Waals surface area contributed by atoms with Gasteiger partial charge in [0.2, 0.25) is 0 Å². The van der Waals surface area contributed by atoms with Crippen molar-refractivity contribution in [2.45, 2.75) is 65.8 Å². The second-order valence-corrected chi connectivity index (χ2v) is 6.58. The number of hydrogen-bond acceptors (Lipinski definition) is 2. The van der Waals surface area contributed by atoms with Crippen LogP contribution in [0.4, 0.5) is 0 Å². The number of rotatable bonds is 9. The van der Waals surface area contributed by atoms with Crippen molar-refractivity contribution >= 4 is 11.3 Å². The summed E-state index contributed by atoms with van der Waals surface area (Å²) in [5, 5.41) is 3.72. The van der Waals surface area contributed by atoms with Crippen LogP contribution in [0, 0.1) is 5.92 Å². The summed E-state index contributed by atoms with van der Waals surface area (Å²) in [6.07, 6.45) is 6.19. The van der Waals surface area contributed by atoms with Gasteiger partial charge in [-0.05, 0) is 50.3 Å². The summed E-state index contributed by atoms with van der Waals surface area (Å²) in [6, 6.07) is 5.27. The Bertz CT molecular complexity index is 319. The molecule has 1 rings (SSSR count). The number of aryl methyl sites for hydroxylation is 1. The molecule has 0 saturated heterocycles. The van der Waals surface area contributed by atoms with E-state index in [0.29, 0.717) is 6.04 Å². The van der Waals surface area contributed by atoms with Crippen LogP contribution < -0.4 is 5.32 Å². The van der Waals surface area contributed by atoms with Gasteiger partial charge in [-0.15, -0.1) is 11.3 Å². The molecule has 0 fully saturated rings. The molecule has 0 aliphatic heterocycles. The summed E-state index contributed by atoms with van der Waals surface area (Å²) < 4.78 is 0. The molecular weight excluding hydrogens is 238 g/mol. The summed E-state index contributed by atoms with van der Waals surface area (Å²) >= 11 is 1.99. The van der Waals surface area contributed by atoms with E-state index in [1.807, 2.05) is 11.3 Å². The van der Waals surface area contributed by atoms with E-state index in [9.17, 15) is 0 Å². The molecule has 2 atom stereocenters. The molecule has 0 amide bonds. The highest BCUT2D eigenvalue weighted by Gasteiger charge is 2.13. The predicted octanol–water partition coefficient (Wildman–Crippen LogP) is 4.66. The third-order valence-electron chi connectivity index (χ3n) is 3.58. The van der Waals surface area contributed by atoms with Crippen molar-refractivity contribution in [2.24, 2.45) is 5.92 Å². The molecular formula is C16H29NS. The van der Waals surface area contributed by atoms with E-state index in [4.69, 9.17) is 0 Å². The van der Waals surface area contributed by atoms with Gasteiger partial charge in [-0.25, -0.2) is 0 Å². The second-order valence-electron chi connectivity index (χ2n) is 5.33. The molecule has 0 spiro atoms. The van der Waals surface area contributed by atoms with E-state index in [0.717, 1.165) is 12.5 Å². The van der Waals surface area contributed by atoms with Crippen molar-refractivity contribution < 1.29 is 0 Å². The minimum absolute atomic E-state index is 0.656. The molecule has 0 aliphatic rings. The van der Waals surface area contributed by atoms with Gasteiger partial charge in [0.1, 0.15) is 0 Å². The fraction of sp³-hybridized carbons (Fsp3) is 0.750. The number of thiophene rings is 1. The van der Waals surface area contributed by atoms with Crippen molar-refractivity contribution in [1.29, 1.82) is 0 Å². The van der Waals surface area contributed by atoms with Crippen LogP contribution in [0.15, 0.2) is 12.1 Å². The monoisotopic (exact) mass is 267 g/mol. The van der Waals surface area contributed by atoms with Crippen LogP contribution in [0.1, 0.15) is 56.7 Å². The normalized spacial score (nSPS) is 14.7. The first-order chi connectivity index (χ1) is 8.69. The Hall–Kier alpha value is -0.340. The van der Waals surface area contributed by atoms with Crippen LogP contribution in [0.3, 0.4) is 0 Å². The van der Waals surface area contributed by atoms with Crippen LogP contribution in [0.5, 0.6) is 0 Å². The minimum atomic E-state index is 0.656. The Kier molecular flexibility index (Phi) is 7.60. The Morgan fingerprint density at radius 2 is 1.89 bits per heavy atom. The summed E-state index contributed by atoms with van der Waals surface area (Å²) in [5.41, 5.74) is 0. The molecule has 1 heterocycles. The molecule has 0 saturated carbocycles.